The van der Waals surface area contributed by atoms with Gasteiger partial charge < -0.3 is 5.73 Å². The summed E-state index contributed by atoms with van der Waals surface area (Å²) in [4.78, 5) is 0.0948. The molecule has 0 spiro atoms. The second kappa shape index (κ2) is 6.58. The van der Waals surface area contributed by atoms with Crippen molar-refractivity contribution in [2.75, 3.05) is 12.3 Å². The summed E-state index contributed by atoms with van der Waals surface area (Å²) in [5.74, 6) is 0.740. The van der Waals surface area contributed by atoms with E-state index in [1.807, 2.05) is 6.92 Å². The minimum Gasteiger partial charge on any atom is -0.381 e. The average Bonchev–Trinajstić information content (AvgIpc) is 2.99. The number of aromatic nitrogens is 2. The molecule has 7 heteroatoms. The number of nitrogens with zero attached hydrogens (tertiary/aromatic N) is 2. The van der Waals surface area contributed by atoms with E-state index in [4.69, 9.17) is 5.73 Å². The van der Waals surface area contributed by atoms with Crippen LogP contribution >= 0.6 is 0 Å². The van der Waals surface area contributed by atoms with Gasteiger partial charge in [0.1, 0.15) is 4.90 Å². The second-order valence-corrected chi connectivity index (χ2v) is 7.21. The summed E-state index contributed by atoms with van der Waals surface area (Å²) in [6.45, 7) is 3.15. The lowest BCUT2D eigenvalue weighted by Gasteiger charge is -2.09. The van der Waals surface area contributed by atoms with Crippen molar-refractivity contribution in [1.82, 2.24) is 14.5 Å². The Labute approximate surface area is 120 Å². The molecule has 1 aromatic rings. The molecule has 1 aliphatic rings. The van der Waals surface area contributed by atoms with E-state index in [1.54, 1.807) is 4.68 Å². The van der Waals surface area contributed by atoms with Gasteiger partial charge in [-0.25, -0.2) is 13.1 Å². The number of hydrogen-bond acceptors (Lipinski definition) is 4. The maximum Gasteiger partial charge on any atom is 0.245 e. The number of sulfonamides is 1. The van der Waals surface area contributed by atoms with Gasteiger partial charge in [0.05, 0.1) is 0 Å². The van der Waals surface area contributed by atoms with Crippen molar-refractivity contribution in [3.05, 3.63) is 6.20 Å². The highest BCUT2D eigenvalue weighted by atomic mass is 32.2. The first-order valence-electron chi connectivity index (χ1n) is 7.35. The number of nitrogen functional groups attached to an aromatic ring is 1. The van der Waals surface area contributed by atoms with Crippen molar-refractivity contribution in [1.29, 1.82) is 0 Å². The smallest absolute Gasteiger partial charge is 0.245 e. The van der Waals surface area contributed by atoms with Gasteiger partial charge in [-0.2, -0.15) is 5.10 Å². The lowest BCUT2D eigenvalue weighted by Crippen LogP contribution is -2.26. The third-order valence-electron chi connectivity index (χ3n) is 3.82. The molecule has 0 radical (unpaired) electrons. The van der Waals surface area contributed by atoms with Crippen molar-refractivity contribution in [3.63, 3.8) is 0 Å². The average molecular weight is 300 g/mol. The molecule has 20 heavy (non-hydrogen) atoms. The molecule has 1 fully saturated rings. The lowest BCUT2D eigenvalue weighted by molar-refractivity contribution is 0.495. The number of nitrogens with two attached hydrogens (primary N) is 1. The fraction of sp³-hybridized carbons (Fsp3) is 0.769. The van der Waals surface area contributed by atoms with Gasteiger partial charge >= 0.3 is 0 Å². The molecule has 0 aromatic carbocycles. The van der Waals surface area contributed by atoms with Crippen LogP contribution in [0.25, 0.3) is 0 Å². The first-order valence-corrected chi connectivity index (χ1v) is 8.84. The fourth-order valence-electron chi connectivity index (χ4n) is 2.74. The van der Waals surface area contributed by atoms with Crippen molar-refractivity contribution in [2.24, 2.45) is 5.92 Å². The predicted molar refractivity (Wildman–Crippen MR) is 78.7 cm³/mol. The predicted octanol–water partition coefficient (Wildman–Crippen LogP) is 1.73. The van der Waals surface area contributed by atoms with Crippen molar-refractivity contribution in [3.8, 4) is 0 Å². The van der Waals surface area contributed by atoms with Gasteiger partial charge in [0, 0.05) is 19.3 Å². The third-order valence-corrected chi connectivity index (χ3v) is 5.29. The molecule has 1 saturated carbocycles. The minimum absolute atomic E-state index is 0.0758. The van der Waals surface area contributed by atoms with Crippen LogP contribution in [0.4, 0.5) is 5.82 Å². The Morgan fingerprint density at radius 2 is 2.15 bits per heavy atom. The Balaban J connectivity index is 1.94. The van der Waals surface area contributed by atoms with Gasteiger partial charge in [-0.05, 0) is 18.8 Å². The molecule has 6 nitrogen and oxygen atoms in total. The summed E-state index contributed by atoms with van der Waals surface area (Å²) >= 11 is 0. The summed E-state index contributed by atoms with van der Waals surface area (Å²) in [6, 6.07) is 0. The summed E-state index contributed by atoms with van der Waals surface area (Å²) in [5, 5.41) is 4.03. The van der Waals surface area contributed by atoms with E-state index >= 15 is 0 Å². The van der Waals surface area contributed by atoms with E-state index in [2.05, 4.69) is 9.82 Å². The van der Waals surface area contributed by atoms with E-state index in [-0.39, 0.29) is 10.7 Å². The molecule has 1 heterocycles. The van der Waals surface area contributed by atoms with E-state index in [0.717, 1.165) is 12.8 Å². The van der Waals surface area contributed by atoms with E-state index < -0.39 is 10.0 Å². The van der Waals surface area contributed by atoms with Gasteiger partial charge in [0.2, 0.25) is 10.0 Å². The zero-order chi connectivity index (χ0) is 14.6. The molecular weight excluding hydrogens is 276 g/mol. The third kappa shape index (κ3) is 3.73. The number of hydrogen-bond donors (Lipinski definition) is 2. The molecule has 0 amide bonds. The second-order valence-electron chi connectivity index (χ2n) is 5.48. The van der Waals surface area contributed by atoms with Gasteiger partial charge in [-0.1, -0.05) is 32.6 Å². The van der Waals surface area contributed by atoms with Crippen LogP contribution in [-0.2, 0) is 16.6 Å². The minimum atomic E-state index is -3.54. The number of rotatable bonds is 7. The molecule has 0 unspecified atom stereocenters. The standard InChI is InChI=1S/C13H24N4O2S/c1-2-9-17-10-12(13(14)16-17)20(18,19)15-8-7-11-5-3-4-6-11/h10-11,15H,2-9H2,1H3,(H2,14,16). The van der Waals surface area contributed by atoms with E-state index in [1.165, 1.54) is 31.9 Å². The van der Waals surface area contributed by atoms with Crippen molar-refractivity contribution < 1.29 is 8.42 Å². The largest absolute Gasteiger partial charge is 0.381 e. The summed E-state index contributed by atoms with van der Waals surface area (Å²) in [5.41, 5.74) is 5.70. The van der Waals surface area contributed by atoms with Crippen molar-refractivity contribution >= 4 is 15.8 Å². The molecule has 114 valence electrons. The number of nitrogens with one attached hydrogen (secondary N) is 1. The van der Waals surface area contributed by atoms with Crippen LogP contribution in [0.3, 0.4) is 0 Å². The maximum absolute atomic E-state index is 12.2. The topological polar surface area (TPSA) is 90.0 Å². The molecular formula is C13H24N4O2S. The monoisotopic (exact) mass is 300 g/mol. The SMILES string of the molecule is CCCn1cc(S(=O)(=O)NCCC2CCCC2)c(N)n1. The van der Waals surface area contributed by atoms with Crippen LogP contribution in [0.15, 0.2) is 11.1 Å². The molecule has 1 aromatic heterocycles. The Morgan fingerprint density at radius 3 is 2.80 bits per heavy atom. The van der Waals surface area contributed by atoms with Gasteiger partial charge in [-0.15, -0.1) is 0 Å². The molecule has 0 aliphatic heterocycles. The van der Waals surface area contributed by atoms with Crippen LogP contribution < -0.4 is 10.5 Å². The van der Waals surface area contributed by atoms with Crippen LogP contribution in [0.2, 0.25) is 0 Å². The molecule has 2 rings (SSSR count). The highest BCUT2D eigenvalue weighted by Gasteiger charge is 2.22. The normalized spacial score (nSPS) is 16.9. The van der Waals surface area contributed by atoms with Crippen LogP contribution in [-0.4, -0.2) is 24.7 Å². The Kier molecular flexibility index (Phi) is 5.04. The van der Waals surface area contributed by atoms with Crippen molar-refractivity contribution in [2.45, 2.75) is 56.9 Å². The molecule has 0 atom stereocenters. The zero-order valence-electron chi connectivity index (χ0n) is 12.0. The van der Waals surface area contributed by atoms with Crippen LogP contribution in [0.5, 0.6) is 0 Å². The molecule has 1 aliphatic carbocycles. The molecule has 0 bridgehead atoms. The first-order chi connectivity index (χ1) is 9.53. The van der Waals surface area contributed by atoms with Gasteiger partial charge in [0.25, 0.3) is 0 Å². The van der Waals surface area contributed by atoms with Gasteiger partial charge in [-0.3, -0.25) is 4.68 Å². The van der Waals surface area contributed by atoms with Gasteiger partial charge in [0.15, 0.2) is 5.82 Å². The lowest BCUT2D eigenvalue weighted by atomic mass is 10.1. The van der Waals surface area contributed by atoms with E-state index in [0.29, 0.717) is 19.0 Å². The summed E-state index contributed by atoms with van der Waals surface area (Å²) in [7, 11) is -3.54. The summed E-state index contributed by atoms with van der Waals surface area (Å²) < 4.78 is 28.6. The highest BCUT2D eigenvalue weighted by molar-refractivity contribution is 7.89. The zero-order valence-corrected chi connectivity index (χ0v) is 12.8. The highest BCUT2D eigenvalue weighted by Crippen LogP contribution is 2.27. The van der Waals surface area contributed by atoms with Crippen LogP contribution in [0, 0.1) is 5.92 Å². The Bertz CT molecular complexity index is 533. The molecule has 0 saturated heterocycles. The quantitative estimate of drug-likeness (QED) is 0.802. The fourth-order valence-corrected chi connectivity index (χ4v) is 3.86. The number of anilines is 1. The maximum atomic E-state index is 12.2. The van der Waals surface area contributed by atoms with Crippen LogP contribution in [0.1, 0.15) is 45.4 Å². The first kappa shape index (κ1) is 15.3. The summed E-state index contributed by atoms with van der Waals surface area (Å²) in [6.07, 6.45) is 8.29. The molecule has 3 N–H and O–H groups in total. The Morgan fingerprint density at radius 1 is 1.45 bits per heavy atom. The Hall–Kier alpha value is -1.08. The van der Waals surface area contributed by atoms with E-state index in [9.17, 15) is 8.42 Å². The number of aryl methyl sites for hydroxylation is 1.